The maximum Gasteiger partial charge on any atom is 0.268 e. The number of carbonyl (C=O) groups excluding carboxylic acids is 1. The maximum atomic E-state index is 16.0. The molecule has 1 saturated carbocycles. The third kappa shape index (κ3) is 6.02. The van der Waals surface area contributed by atoms with E-state index < -0.39 is 26.6 Å². The number of nitrogens with zero attached hydrogens (tertiary/aromatic N) is 5. The van der Waals surface area contributed by atoms with Crippen molar-refractivity contribution in [3.05, 3.63) is 83.8 Å². The van der Waals surface area contributed by atoms with Gasteiger partial charge in [-0.1, -0.05) is 0 Å². The van der Waals surface area contributed by atoms with Gasteiger partial charge in [-0.25, -0.2) is 27.1 Å². The van der Waals surface area contributed by atoms with Crippen molar-refractivity contribution in [3.63, 3.8) is 0 Å². The average Bonchev–Trinajstić information content (AvgIpc) is 3.67. The Morgan fingerprint density at radius 2 is 1.91 bits per heavy atom. The highest BCUT2D eigenvalue weighted by molar-refractivity contribution is 7.92. The second-order valence-electron chi connectivity index (χ2n) is 10.2. The van der Waals surface area contributed by atoms with E-state index >= 15 is 4.39 Å². The Kier molecular flexibility index (Phi) is 8.99. The summed E-state index contributed by atoms with van der Waals surface area (Å²) in [6, 6.07) is 10.2. The van der Waals surface area contributed by atoms with E-state index in [1.165, 1.54) is 39.9 Å². The maximum absolute atomic E-state index is 16.0. The molecule has 5 rings (SSSR count). The van der Waals surface area contributed by atoms with E-state index in [1.807, 2.05) is 13.1 Å². The van der Waals surface area contributed by atoms with Crippen LogP contribution in [0, 0.1) is 5.82 Å². The molecule has 44 heavy (non-hydrogen) atoms. The van der Waals surface area contributed by atoms with Crippen molar-refractivity contribution >= 4 is 21.7 Å². The lowest BCUT2D eigenvalue weighted by molar-refractivity contribution is 0.0953. The van der Waals surface area contributed by atoms with Gasteiger partial charge in [0, 0.05) is 61.9 Å². The molecular weight excluding hydrogens is 591 g/mol. The van der Waals surface area contributed by atoms with Gasteiger partial charge in [0.25, 0.3) is 15.9 Å². The highest BCUT2D eigenvalue weighted by atomic mass is 32.2. The summed E-state index contributed by atoms with van der Waals surface area (Å²) in [4.78, 5) is 20.3. The van der Waals surface area contributed by atoms with Gasteiger partial charge in [0.05, 0.1) is 26.3 Å². The number of hydrogen-bond donors (Lipinski definition) is 1. The summed E-state index contributed by atoms with van der Waals surface area (Å²) in [6.07, 6.45) is 6.27. The van der Waals surface area contributed by atoms with Crippen LogP contribution < -0.4 is 23.8 Å². The number of rotatable bonds is 11. The molecule has 1 N–H and O–H groups in total. The Bertz CT molecular complexity index is 1750. The number of amides is 1. The predicted octanol–water partition coefficient (Wildman–Crippen LogP) is 3.84. The molecule has 2 atom stereocenters. The fourth-order valence-electron chi connectivity index (χ4n) is 5.44. The Morgan fingerprint density at radius 1 is 1.09 bits per heavy atom. The summed E-state index contributed by atoms with van der Waals surface area (Å²) in [7, 11) is 1.53. The van der Waals surface area contributed by atoms with Crippen molar-refractivity contribution in [1.29, 1.82) is 0 Å². The molecule has 12 nitrogen and oxygen atoms in total. The van der Waals surface area contributed by atoms with Gasteiger partial charge in [-0.2, -0.15) is 5.10 Å². The largest absolute Gasteiger partial charge is 0.497 e. The summed E-state index contributed by atoms with van der Waals surface area (Å²) in [6.45, 7) is -0.270. The zero-order valence-corrected chi connectivity index (χ0v) is 25.5. The van der Waals surface area contributed by atoms with Crippen LogP contribution in [0.5, 0.6) is 17.2 Å². The normalized spacial score (nSPS) is 16.4. The molecule has 4 aromatic rings. The van der Waals surface area contributed by atoms with Crippen molar-refractivity contribution in [2.45, 2.75) is 42.7 Å². The van der Waals surface area contributed by atoms with Crippen LogP contribution in [-0.2, 0) is 23.6 Å². The van der Waals surface area contributed by atoms with Crippen LogP contribution in [0.15, 0.2) is 66.1 Å². The topological polar surface area (TPSA) is 138 Å². The van der Waals surface area contributed by atoms with Crippen LogP contribution in [0.1, 0.15) is 46.8 Å². The first-order valence-electron chi connectivity index (χ1n) is 13.9. The minimum absolute atomic E-state index is 0.0101. The first-order chi connectivity index (χ1) is 21.2. The number of halogens is 1. The van der Waals surface area contributed by atoms with Gasteiger partial charge in [0.15, 0.2) is 0 Å². The van der Waals surface area contributed by atoms with Gasteiger partial charge >= 0.3 is 0 Å². The Morgan fingerprint density at radius 3 is 2.57 bits per heavy atom. The lowest BCUT2D eigenvalue weighted by Gasteiger charge is -2.26. The quantitative estimate of drug-likeness (QED) is 0.264. The number of hydrogen-bond acceptors (Lipinski definition) is 9. The lowest BCUT2D eigenvalue weighted by atomic mass is 10.0. The SMILES string of the molecule is CNC(=O)c1cc(S(=O)(=O)N(Cc2ccc(OC)cc2OC)c2ccncn2)c(F)cc1O[C@H]1CCC[C@@H]1c1ccnn1C. The Balaban J connectivity index is 1.56. The number of aromatic nitrogens is 4. The number of ether oxygens (including phenoxy) is 3. The van der Waals surface area contributed by atoms with Crippen molar-refractivity contribution in [2.24, 2.45) is 7.05 Å². The number of anilines is 1. The molecule has 0 spiro atoms. The summed E-state index contributed by atoms with van der Waals surface area (Å²) >= 11 is 0. The molecule has 14 heteroatoms. The van der Waals surface area contributed by atoms with E-state index in [0.717, 1.165) is 35.0 Å². The average molecular weight is 625 g/mol. The molecule has 1 aliphatic rings. The molecule has 1 aliphatic carbocycles. The van der Waals surface area contributed by atoms with Gasteiger partial charge in [-0.05, 0) is 43.5 Å². The van der Waals surface area contributed by atoms with Crippen LogP contribution in [-0.4, -0.2) is 61.4 Å². The minimum atomic E-state index is -4.65. The Labute approximate surface area is 254 Å². The van der Waals surface area contributed by atoms with Gasteiger partial charge in [-0.15, -0.1) is 0 Å². The third-order valence-corrected chi connectivity index (χ3v) is 9.44. The standard InChI is InChI=1S/C30H33FN6O6S/c1-32-30(38)22-15-28(23(31)16-27(22)43-25-7-5-6-21(25)24-10-13-35-36(24)2)44(39,40)37(29-11-12-33-18-34-29)17-19-8-9-20(41-3)14-26(19)42-4/h8-16,18,21,25H,5-7,17H2,1-4H3,(H,32,38)/t21-,25+/m1/s1. The van der Waals surface area contributed by atoms with Crippen molar-refractivity contribution in [2.75, 3.05) is 25.6 Å². The molecule has 2 aromatic heterocycles. The number of aryl methyl sites for hydroxylation is 1. The zero-order valence-electron chi connectivity index (χ0n) is 24.7. The molecule has 0 bridgehead atoms. The second kappa shape index (κ2) is 12.9. The molecule has 2 heterocycles. The van der Waals surface area contributed by atoms with Gasteiger partial charge in [0.2, 0.25) is 0 Å². The third-order valence-electron chi connectivity index (χ3n) is 7.67. The van der Waals surface area contributed by atoms with Crippen LogP contribution in [0.25, 0.3) is 0 Å². The first kappa shape index (κ1) is 30.7. The number of benzene rings is 2. The van der Waals surface area contributed by atoms with E-state index in [4.69, 9.17) is 14.2 Å². The smallest absolute Gasteiger partial charge is 0.268 e. The summed E-state index contributed by atoms with van der Waals surface area (Å²) in [5, 5.41) is 6.75. The van der Waals surface area contributed by atoms with Crippen LogP contribution >= 0.6 is 0 Å². The van der Waals surface area contributed by atoms with E-state index in [1.54, 1.807) is 29.1 Å². The van der Waals surface area contributed by atoms with Crippen molar-refractivity contribution < 1.29 is 31.8 Å². The number of nitrogens with one attached hydrogen (secondary N) is 1. The highest BCUT2D eigenvalue weighted by Gasteiger charge is 2.36. The molecule has 0 aliphatic heterocycles. The van der Waals surface area contributed by atoms with Crippen LogP contribution in [0.2, 0.25) is 0 Å². The molecular formula is C30H33FN6O6S. The van der Waals surface area contributed by atoms with Gasteiger partial charge < -0.3 is 19.5 Å². The molecule has 0 unspecified atom stereocenters. The summed E-state index contributed by atoms with van der Waals surface area (Å²) < 4.78 is 64.1. The minimum Gasteiger partial charge on any atom is -0.497 e. The monoisotopic (exact) mass is 624 g/mol. The molecule has 2 aromatic carbocycles. The number of methoxy groups -OCH3 is 2. The highest BCUT2D eigenvalue weighted by Crippen LogP contribution is 2.39. The summed E-state index contributed by atoms with van der Waals surface area (Å²) in [5.41, 5.74) is 1.31. The first-order valence-corrected chi connectivity index (χ1v) is 15.3. The van der Waals surface area contributed by atoms with Gasteiger partial charge in [0.1, 0.15) is 46.2 Å². The van der Waals surface area contributed by atoms with E-state index in [2.05, 4.69) is 20.4 Å². The fraction of sp³-hybridized carbons (Fsp3) is 0.333. The van der Waals surface area contributed by atoms with Crippen LogP contribution in [0.3, 0.4) is 0 Å². The second-order valence-corrected chi connectivity index (χ2v) is 12.0. The number of sulfonamides is 1. The van der Waals surface area contributed by atoms with E-state index in [9.17, 15) is 13.2 Å². The van der Waals surface area contributed by atoms with Crippen LogP contribution in [0.4, 0.5) is 10.2 Å². The Hall–Kier alpha value is -4.72. The predicted molar refractivity (Wildman–Crippen MR) is 159 cm³/mol. The molecule has 1 amide bonds. The van der Waals surface area contributed by atoms with Crippen molar-refractivity contribution in [3.8, 4) is 17.2 Å². The van der Waals surface area contributed by atoms with Crippen molar-refractivity contribution in [1.82, 2.24) is 25.1 Å². The van der Waals surface area contributed by atoms with E-state index in [0.29, 0.717) is 23.5 Å². The van der Waals surface area contributed by atoms with E-state index in [-0.39, 0.29) is 35.7 Å². The molecule has 1 fully saturated rings. The zero-order chi connectivity index (χ0) is 31.4. The molecule has 232 valence electrons. The summed E-state index contributed by atoms with van der Waals surface area (Å²) in [5.74, 6) is -0.936. The lowest BCUT2D eigenvalue weighted by Crippen LogP contribution is -2.33. The molecule has 0 saturated heterocycles. The molecule has 0 radical (unpaired) electrons. The van der Waals surface area contributed by atoms with Gasteiger partial charge in [-0.3, -0.25) is 9.48 Å². The number of carbonyl (C=O) groups is 1. The fourth-order valence-corrected chi connectivity index (χ4v) is 6.91.